The third kappa shape index (κ3) is 4.61. The molecule has 0 radical (unpaired) electrons. The SMILES string of the molecule is CCC(CNS(=O)(=O)CC1CC1)C(=O)O. The van der Waals surface area contributed by atoms with Gasteiger partial charge in [-0.25, -0.2) is 13.1 Å². The maximum absolute atomic E-state index is 11.4. The topological polar surface area (TPSA) is 83.5 Å². The van der Waals surface area contributed by atoms with Crippen molar-refractivity contribution in [3.8, 4) is 0 Å². The Labute approximate surface area is 89.9 Å². The van der Waals surface area contributed by atoms with E-state index in [2.05, 4.69) is 4.72 Å². The Morgan fingerprint density at radius 3 is 2.53 bits per heavy atom. The lowest BCUT2D eigenvalue weighted by atomic mass is 10.1. The largest absolute Gasteiger partial charge is 0.481 e. The maximum atomic E-state index is 11.4. The first-order valence-corrected chi connectivity index (χ1v) is 6.80. The molecule has 1 atom stereocenters. The van der Waals surface area contributed by atoms with Gasteiger partial charge in [-0.3, -0.25) is 4.79 Å². The molecule has 1 saturated carbocycles. The van der Waals surface area contributed by atoms with Crippen LogP contribution in [0.2, 0.25) is 0 Å². The molecular formula is C9H17NO4S. The molecule has 1 rings (SSSR count). The number of carboxylic acids is 1. The van der Waals surface area contributed by atoms with Crippen molar-refractivity contribution in [2.45, 2.75) is 26.2 Å². The molecule has 2 N–H and O–H groups in total. The summed E-state index contributed by atoms with van der Waals surface area (Å²) < 4.78 is 25.2. The van der Waals surface area contributed by atoms with Crippen molar-refractivity contribution in [2.75, 3.05) is 12.3 Å². The Balaban J connectivity index is 2.36. The second-order valence-electron chi connectivity index (χ2n) is 4.02. The molecule has 0 spiro atoms. The van der Waals surface area contributed by atoms with Gasteiger partial charge in [0.05, 0.1) is 11.7 Å². The van der Waals surface area contributed by atoms with Gasteiger partial charge in [-0.1, -0.05) is 6.92 Å². The highest BCUT2D eigenvalue weighted by Gasteiger charge is 2.28. The van der Waals surface area contributed by atoms with Gasteiger partial charge in [0.1, 0.15) is 0 Å². The first-order valence-electron chi connectivity index (χ1n) is 5.14. The van der Waals surface area contributed by atoms with E-state index in [0.29, 0.717) is 6.42 Å². The summed E-state index contributed by atoms with van der Waals surface area (Å²) >= 11 is 0. The first-order chi connectivity index (χ1) is 6.94. The van der Waals surface area contributed by atoms with Crippen molar-refractivity contribution >= 4 is 16.0 Å². The summed E-state index contributed by atoms with van der Waals surface area (Å²) in [6.45, 7) is 1.73. The maximum Gasteiger partial charge on any atom is 0.307 e. The fourth-order valence-electron chi connectivity index (χ4n) is 1.29. The van der Waals surface area contributed by atoms with Crippen molar-refractivity contribution < 1.29 is 18.3 Å². The predicted octanol–water partition coefficient (Wildman–Crippen LogP) is 0.427. The van der Waals surface area contributed by atoms with Crippen LogP contribution >= 0.6 is 0 Å². The van der Waals surface area contributed by atoms with E-state index in [9.17, 15) is 13.2 Å². The highest BCUT2D eigenvalue weighted by atomic mass is 32.2. The summed E-state index contributed by atoms with van der Waals surface area (Å²) in [6.07, 6.45) is 2.37. The first kappa shape index (κ1) is 12.4. The zero-order chi connectivity index (χ0) is 11.5. The molecule has 15 heavy (non-hydrogen) atoms. The Bertz CT molecular complexity index is 321. The van der Waals surface area contributed by atoms with Gasteiger partial charge >= 0.3 is 5.97 Å². The number of hydrogen-bond donors (Lipinski definition) is 2. The van der Waals surface area contributed by atoms with Gasteiger partial charge in [-0.2, -0.15) is 0 Å². The molecule has 0 bridgehead atoms. The van der Waals surface area contributed by atoms with Crippen molar-refractivity contribution in [3.63, 3.8) is 0 Å². The minimum Gasteiger partial charge on any atom is -0.481 e. The number of carbonyl (C=O) groups is 1. The van der Waals surface area contributed by atoms with Crippen LogP contribution in [0.25, 0.3) is 0 Å². The number of rotatable bonds is 7. The summed E-state index contributed by atoms with van der Waals surface area (Å²) in [5.74, 6) is -1.15. The van der Waals surface area contributed by atoms with Gasteiger partial charge in [-0.15, -0.1) is 0 Å². The van der Waals surface area contributed by atoms with Crippen LogP contribution in [0.15, 0.2) is 0 Å². The van der Waals surface area contributed by atoms with Crippen molar-refractivity contribution in [3.05, 3.63) is 0 Å². The van der Waals surface area contributed by atoms with E-state index < -0.39 is 21.9 Å². The quantitative estimate of drug-likeness (QED) is 0.670. The molecule has 0 heterocycles. The third-order valence-electron chi connectivity index (χ3n) is 2.54. The smallest absolute Gasteiger partial charge is 0.307 e. The van der Waals surface area contributed by atoms with Crippen molar-refractivity contribution in [1.82, 2.24) is 4.72 Å². The highest BCUT2D eigenvalue weighted by Crippen LogP contribution is 2.29. The van der Waals surface area contributed by atoms with Gasteiger partial charge in [0.15, 0.2) is 0 Å². The van der Waals surface area contributed by atoms with Crippen LogP contribution < -0.4 is 4.72 Å². The Morgan fingerprint density at radius 2 is 2.13 bits per heavy atom. The average Bonchev–Trinajstić information content (AvgIpc) is 2.87. The summed E-state index contributed by atoms with van der Waals surface area (Å²) in [7, 11) is -3.27. The van der Waals surface area contributed by atoms with E-state index in [-0.39, 0.29) is 18.2 Å². The second-order valence-corrected chi connectivity index (χ2v) is 5.87. The van der Waals surface area contributed by atoms with Crippen molar-refractivity contribution in [1.29, 1.82) is 0 Å². The van der Waals surface area contributed by atoms with E-state index in [1.54, 1.807) is 6.92 Å². The second kappa shape index (κ2) is 4.94. The molecule has 1 aliphatic rings. The zero-order valence-electron chi connectivity index (χ0n) is 8.77. The normalized spacial score (nSPS) is 18.7. The van der Waals surface area contributed by atoms with Gasteiger partial charge in [0.2, 0.25) is 10.0 Å². The van der Waals surface area contributed by atoms with Crippen LogP contribution in [0.4, 0.5) is 0 Å². The molecule has 5 nitrogen and oxygen atoms in total. The van der Waals surface area contributed by atoms with E-state index in [1.807, 2.05) is 0 Å². The third-order valence-corrected chi connectivity index (χ3v) is 4.06. The van der Waals surface area contributed by atoms with Crippen LogP contribution in [0.1, 0.15) is 26.2 Å². The molecule has 1 fully saturated rings. The van der Waals surface area contributed by atoms with E-state index in [4.69, 9.17) is 5.11 Å². The summed E-state index contributed by atoms with van der Waals surface area (Å²) in [6, 6.07) is 0. The lowest BCUT2D eigenvalue weighted by Crippen LogP contribution is -2.34. The van der Waals surface area contributed by atoms with Crippen LogP contribution in [0, 0.1) is 11.8 Å². The lowest BCUT2D eigenvalue weighted by Gasteiger charge is -2.11. The molecule has 0 aromatic carbocycles. The molecule has 1 aliphatic carbocycles. The molecule has 0 saturated heterocycles. The lowest BCUT2D eigenvalue weighted by molar-refractivity contribution is -0.141. The highest BCUT2D eigenvalue weighted by molar-refractivity contribution is 7.89. The molecule has 0 aliphatic heterocycles. The Morgan fingerprint density at radius 1 is 1.53 bits per heavy atom. The number of hydrogen-bond acceptors (Lipinski definition) is 3. The Hall–Kier alpha value is -0.620. The molecular weight excluding hydrogens is 218 g/mol. The number of carboxylic acid groups (broad SMARTS) is 1. The molecule has 88 valence electrons. The fraction of sp³-hybridized carbons (Fsp3) is 0.889. The van der Waals surface area contributed by atoms with Crippen LogP contribution in [-0.4, -0.2) is 31.8 Å². The number of nitrogens with one attached hydrogen (secondary N) is 1. The zero-order valence-corrected chi connectivity index (χ0v) is 9.59. The van der Waals surface area contributed by atoms with Crippen LogP contribution in [-0.2, 0) is 14.8 Å². The standard InChI is InChI=1S/C9H17NO4S/c1-2-8(9(11)12)5-10-15(13,14)6-7-3-4-7/h7-8,10H,2-6H2,1H3,(H,11,12). The molecule has 0 amide bonds. The molecule has 0 aromatic rings. The van der Waals surface area contributed by atoms with Gasteiger partial charge in [0, 0.05) is 6.54 Å². The van der Waals surface area contributed by atoms with Crippen molar-refractivity contribution in [2.24, 2.45) is 11.8 Å². The fourth-order valence-corrected chi connectivity index (χ4v) is 2.81. The average molecular weight is 235 g/mol. The molecule has 1 unspecified atom stereocenters. The molecule has 0 aromatic heterocycles. The minimum atomic E-state index is -3.27. The van der Waals surface area contributed by atoms with Crippen LogP contribution in [0.3, 0.4) is 0 Å². The summed E-state index contributed by atoms with van der Waals surface area (Å²) in [5, 5.41) is 8.73. The van der Waals surface area contributed by atoms with Gasteiger partial charge in [-0.05, 0) is 25.2 Å². The minimum absolute atomic E-state index is 0.000880. The van der Waals surface area contributed by atoms with E-state index >= 15 is 0 Å². The van der Waals surface area contributed by atoms with E-state index in [1.165, 1.54) is 0 Å². The number of sulfonamides is 1. The number of aliphatic carboxylic acids is 1. The Kier molecular flexibility index (Phi) is 4.10. The van der Waals surface area contributed by atoms with Gasteiger partial charge < -0.3 is 5.11 Å². The monoisotopic (exact) mass is 235 g/mol. The molecule has 6 heteroatoms. The van der Waals surface area contributed by atoms with Crippen LogP contribution in [0.5, 0.6) is 0 Å². The predicted molar refractivity (Wildman–Crippen MR) is 55.9 cm³/mol. The summed E-state index contributed by atoms with van der Waals surface area (Å²) in [5.41, 5.74) is 0. The van der Waals surface area contributed by atoms with Gasteiger partial charge in [0.25, 0.3) is 0 Å². The summed E-state index contributed by atoms with van der Waals surface area (Å²) in [4.78, 5) is 10.6. The van der Waals surface area contributed by atoms with E-state index in [0.717, 1.165) is 12.8 Å².